The molecule has 0 aromatic heterocycles. The number of piperidine rings is 1. The van der Waals surface area contributed by atoms with Gasteiger partial charge in [0, 0.05) is 26.6 Å². The van der Waals surface area contributed by atoms with Crippen molar-refractivity contribution in [3.8, 4) is 0 Å². The molecule has 6 nitrogen and oxygen atoms in total. The van der Waals surface area contributed by atoms with Crippen LogP contribution in [0.15, 0.2) is 30.3 Å². The number of nitrogens with one attached hydrogen (secondary N) is 1. The zero-order valence-corrected chi connectivity index (χ0v) is 16.1. The van der Waals surface area contributed by atoms with Crippen LogP contribution >= 0.6 is 0 Å². The molecule has 1 aliphatic rings. The predicted octanol–water partition coefficient (Wildman–Crippen LogP) is 1.55. The topological polar surface area (TPSA) is 83.6 Å². The van der Waals surface area contributed by atoms with Gasteiger partial charge in [0.1, 0.15) is 5.75 Å². The lowest BCUT2D eigenvalue weighted by Crippen LogP contribution is -2.44. The van der Waals surface area contributed by atoms with Crippen LogP contribution in [0.5, 0.6) is 0 Å². The van der Waals surface area contributed by atoms with Crippen molar-refractivity contribution in [2.75, 3.05) is 25.9 Å². The first-order chi connectivity index (χ1) is 12.4. The van der Waals surface area contributed by atoms with Crippen LogP contribution in [0, 0.1) is 0 Å². The maximum Gasteiger partial charge on any atom is 0.234 e. The number of carbonyl (C=O) groups excluding carboxylic acids is 2. The van der Waals surface area contributed by atoms with Gasteiger partial charge in [-0.1, -0.05) is 30.3 Å². The van der Waals surface area contributed by atoms with Gasteiger partial charge in [0.25, 0.3) is 0 Å². The van der Waals surface area contributed by atoms with Gasteiger partial charge in [-0.25, -0.2) is 8.42 Å². The van der Waals surface area contributed by atoms with Gasteiger partial charge >= 0.3 is 0 Å². The summed E-state index contributed by atoms with van der Waals surface area (Å²) in [6.07, 6.45) is 4.09. The molecule has 1 saturated heterocycles. The normalized spacial score (nSPS) is 15.7. The quantitative estimate of drug-likeness (QED) is 0.694. The van der Waals surface area contributed by atoms with E-state index in [2.05, 4.69) is 17.4 Å². The number of unbranched alkanes of at least 4 members (excludes halogenated alkanes) is 1. The maximum atomic E-state index is 12.3. The summed E-state index contributed by atoms with van der Waals surface area (Å²) in [4.78, 5) is 25.4. The fraction of sp³-hybridized carbons (Fsp3) is 0.579. The Morgan fingerprint density at radius 1 is 1.12 bits per heavy atom. The number of nitrogens with zero attached hydrogens (tertiary/aromatic N) is 1. The number of likely N-dealkylation sites (tertiary alicyclic amines) is 1. The summed E-state index contributed by atoms with van der Waals surface area (Å²) in [5.74, 6) is -0.858. The Morgan fingerprint density at radius 3 is 2.38 bits per heavy atom. The van der Waals surface area contributed by atoms with Gasteiger partial charge in [0.05, 0.1) is 5.25 Å². The number of benzene rings is 1. The van der Waals surface area contributed by atoms with Crippen LogP contribution in [0.3, 0.4) is 0 Å². The summed E-state index contributed by atoms with van der Waals surface area (Å²) in [5, 5.41) is 1.82. The minimum Gasteiger partial charge on any atom is -0.358 e. The third-order valence-electron chi connectivity index (χ3n) is 4.86. The number of sulfone groups is 1. The summed E-state index contributed by atoms with van der Waals surface area (Å²) in [6, 6.07) is 10.2. The SMILES string of the molecule is CNC(=O)CS(=O)(=O)C1CCN(C(=O)CCCCc2ccccc2)CC1. The number of carbonyl (C=O) groups is 2. The second kappa shape index (κ2) is 9.71. The van der Waals surface area contributed by atoms with E-state index < -0.39 is 26.7 Å². The van der Waals surface area contributed by atoms with Crippen LogP contribution in [-0.4, -0.2) is 56.3 Å². The molecule has 7 heteroatoms. The fourth-order valence-electron chi connectivity index (χ4n) is 3.25. The van der Waals surface area contributed by atoms with E-state index in [1.165, 1.54) is 12.6 Å². The minimum absolute atomic E-state index is 0.0974. The highest BCUT2D eigenvalue weighted by molar-refractivity contribution is 7.92. The lowest BCUT2D eigenvalue weighted by molar-refractivity contribution is -0.132. The first-order valence-corrected chi connectivity index (χ1v) is 10.9. The van der Waals surface area contributed by atoms with Crippen molar-refractivity contribution in [2.45, 2.75) is 43.8 Å². The summed E-state index contributed by atoms with van der Waals surface area (Å²) >= 11 is 0. The molecule has 1 aromatic rings. The van der Waals surface area contributed by atoms with Crippen LogP contribution < -0.4 is 5.32 Å². The first-order valence-electron chi connectivity index (χ1n) is 9.16. The maximum absolute atomic E-state index is 12.3. The van der Waals surface area contributed by atoms with Gasteiger partial charge in [0.15, 0.2) is 9.84 Å². The highest BCUT2D eigenvalue weighted by atomic mass is 32.2. The highest BCUT2D eigenvalue weighted by Crippen LogP contribution is 2.20. The molecule has 0 bridgehead atoms. The Kier molecular flexibility index (Phi) is 7.63. The Labute approximate surface area is 155 Å². The molecule has 144 valence electrons. The summed E-state index contributed by atoms with van der Waals surface area (Å²) in [7, 11) is -2.02. The van der Waals surface area contributed by atoms with Crippen molar-refractivity contribution in [1.82, 2.24) is 10.2 Å². The minimum atomic E-state index is -3.45. The standard InChI is InChI=1S/C19H28N2O4S/c1-20-18(22)15-26(24,25)17-11-13-21(14-12-17)19(23)10-6-5-9-16-7-3-2-4-8-16/h2-4,7-8,17H,5-6,9-15H2,1H3,(H,20,22). The Balaban J connectivity index is 1.70. The molecule has 26 heavy (non-hydrogen) atoms. The average Bonchev–Trinajstić information content (AvgIpc) is 2.65. The predicted molar refractivity (Wildman–Crippen MR) is 101 cm³/mol. The molecular formula is C19H28N2O4S. The highest BCUT2D eigenvalue weighted by Gasteiger charge is 2.32. The molecule has 1 fully saturated rings. The van der Waals surface area contributed by atoms with E-state index >= 15 is 0 Å². The smallest absolute Gasteiger partial charge is 0.234 e. The first kappa shape index (κ1) is 20.4. The molecule has 1 N–H and O–H groups in total. The molecule has 1 heterocycles. The van der Waals surface area contributed by atoms with Crippen molar-refractivity contribution < 1.29 is 18.0 Å². The van der Waals surface area contributed by atoms with Gasteiger partial charge in [-0.15, -0.1) is 0 Å². The van der Waals surface area contributed by atoms with E-state index in [4.69, 9.17) is 0 Å². The lowest BCUT2D eigenvalue weighted by Gasteiger charge is -2.31. The number of hydrogen-bond acceptors (Lipinski definition) is 4. The lowest BCUT2D eigenvalue weighted by atomic mass is 10.1. The fourth-order valence-corrected chi connectivity index (χ4v) is 4.92. The molecule has 0 radical (unpaired) electrons. The third kappa shape index (κ3) is 6.12. The second-order valence-corrected chi connectivity index (χ2v) is 9.03. The van der Waals surface area contributed by atoms with Crippen molar-refractivity contribution in [2.24, 2.45) is 0 Å². The van der Waals surface area contributed by atoms with Crippen molar-refractivity contribution in [1.29, 1.82) is 0 Å². The molecular weight excluding hydrogens is 352 g/mol. The van der Waals surface area contributed by atoms with Gasteiger partial charge in [-0.05, 0) is 37.7 Å². The zero-order valence-electron chi connectivity index (χ0n) is 15.3. The van der Waals surface area contributed by atoms with Crippen LogP contribution in [-0.2, 0) is 25.8 Å². The van der Waals surface area contributed by atoms with Crippen molar-refractivity contribution in [3.05, 3.63) is 35.9 Å². The number of rotatable bonds is 8. The monoisotopic (exact) mass is 380 g/mol. The molecule has 0 unspecified atom stereocenters. The van der Waals surface area contributed by atoms with E-state index in [-0.39, 0.29) is 5.91 Å². The van der Waals surface area contributed by atoms with Gasteiger partial charge < -0.3 is 10.2 Å². The van der Waals surface area contributed by atoms with Crippen molar-refractivity contribution >= 4 is 21.7 Å². The Bertz CT molecular complexity index is 696. The largest absolute Gasteiger partial charge is 0.358 e. The number of amides is 2. The van der Waals surface area contributed by atoms with E-state index in [9.17, 15) is 18.0 Å². The molecule has 2 amide bonds. The Morgan fingerprint density at radius 2 is 1.77 bits per heavy atom. The molecule has 0 atom stereocenters. The Hall–Kier alpha value is -1.89. The number of hydrogen-bond donors (Lipinski definition) is 1. The zero-order chi connectivity index (χ0) is 19.0. The summed E-state index contributed by atoms with van der Waals surface area (Å²) in [6.45, 7) is 0.907. The molecule has 1 aromatic carbocycles. The summed E-state index contributed by atoms with van der Waals surface area (Å²) < 4.78 is 24.4. The molecule has 0 aliphatic carbocycles. The van der Waals surface area contributed by atoms with Gasteiger partial charge in [-0.2, -0.15) is 0 Å². The molecule has 2 rings (SSSR count). The molecule has 0 saturated carbocycles. The number of aryl methyl sites for hydroxylation is 1. The van der Waals surface area contributed by atoms with Crippen LogP contribution in [0.25, 0.3) is 0 Å². The third-order valence-corrected chi connectivity index (χ3v) is 7.01. The second-order valence-electron chi connectivity index (χ2n) is 6.75. The van der Waals surface area contributed by atoms with E-state index in [0.717, 1.165) is 19.3 Å². The average molecular weight is 381 g/mol. The van der Waals surface area contributed by atoms with Crippen LogP contribution in [0.2, 0.25) is 0 Å². The summed E-state index contributed by atoms with van der Waals surface area (Å²) in [5.41, 5.74) is 1.28. The molecule has 0 spiro atoms. The van der Waals surface area contributed by atoms with Crippen LogP contribution in [0.4, 0.5) is 0 Å². The van der Waals surface area contributed by atoms with Crippen LogP contribution in [0.1, 0.15) is 37.7 Å². The van der Waals surface area contributed by atoms with Gasteiger partial charge in [-0.3, -0.25) is 9.59 Å². The molecule has 1 aliphatic heterocycles. The van der Waals surface area contributed by atoms with Crippen molar-refractivity contribution in [3.63, 3.8) is 0 Å². The van der Waals surface area contributed by atoms with Gasteiger partial charge in [0.2, 0.25) is 11.8 Å². The van der Waals surface area contributed by atoms with E-state index in [1.54, 1.807) is 4.90 Å². The van der Waals surface area contributed by atoms with E-state index in [0.29, 0.717) is 32.4 Å². The van der Waals surface area contributed by atoms with E-state index in [1.807, 2.05) is 18.2 Å².